The van der Waals surface area contributed by atoms with Crippen molar-refractivity contribution < 1.29 is 9.50 Å². The normalized spacial score (nSPS) is 28.3. The van der Waals surface area contributed by atoms with Crippen LogP contribution >= 0.6 is 11.6 Å². The summed E-state index contributed by atoms with van der Waals surface area (Å²) in [7, 11) is 0. The van der Waals surface area contributed by atoms with E-state index in [9.17, 15) is 9.50 Å². The molecule has 2 rings (SSSR count). The molecule has 0 bridgehead atoms. The Morgan fingerprint density at radius 2 is 2.17 bits per heavy atom. The fourth-order valence-corrected chi connectivity index (χ4v) is 3.12. The van der Waals surface area contributed by atoms with Crippen molar-refractivity contribution in [3.8, 4) is 0 Å². The summed E-state index contributed by atoms with van der Waals surface area (Å²) in [6.45, 7) is 2.18. The van der Waals surface area contributed by atoms with Crippen LogP contribution in [0.25, 0.3) is 0 Å². The third-order valence-corrected chi connectivity index (χ3v) is 4.43. The second kappa shape index (κ2) is 6.03. The quantitative estimate of drug-likeness (QED) is 0.872. The molecular formula is C15H20ClFO. The van der Waals surface area contributed by atoms with E-state index in [1.807, 2.05) is 0 Å². The maximum atomic E-state index is 13.8. The van der Waals surface area contributed by atoms with Gasteiger partial charge in [-0.05, 0) is 49.1 Å². The molecule has 1 nitrogen and oxygen atoms in total. The van der Waals surface area contributed by atoms with Gasteiger partial charge < -0.3 is 5.11 Å². The van der Waals surface area contributed by atoms with Gasteiger partial charge >= 0.3 is 0 Å². The predicted octanol–water partition coefficient (Wildman–Crippen LogP) is 4.21. The minimum Gasteiger partial charge on any atom is -0.393 e. The number of rotatable bonds is 3. The maximum Gasteiger partial charge on any atom is 0.144 e. The lowest BCUT2D eigenvalue weighted by molar-refractivity contribution is 0.0471. The fourth-order valence-electron chi connectivity index (χ4n) is 2.92. The number of halogens is 2. The largest absolute Gasteiger partial charge is 0.393 e. The zero-order valence-electron chi connectivity index (χ0n) is 10.7. The Kier molecular flexibility index (Phi) is 4.63. The number of hydrogen-bond donors (Lipinski definition) is 1. The summed E-state index contributed by atoms with van der Waals surface area (Å²) < 4.78 is 13.8. The van der Waals surface area contributed by atoms with Gasteiger partial charge in [0.1, 0.15) is 5.82 Å². The molecule has 1 aromatic carbocycles. The van der Waals surface area contributed by atoms with Crippen molar-refractivity contribution in [3.63, 3.8) is 0 Å². The van der Waals surface area contributed by atoms with E-state index in [-0.39, 0.29) is 22.9 Å². The van der Waals surface area contributed by atoms with Gasteiger partial charge in [0.05, 0.1) is 11.1 Å². The highest BCUT2D eigenvalue weighted by molar-refractivity contribution is 6.30. The maximum absolute atomic E-state index is 13.8. The van der Waals surface area contributed by atoms with Crippen LogP contribution in [0.1, 0.15) is 38.2 Å². The molecule has 3 atom stereocenters. The summed E-state index contributed by atoms with van der Waals surface area (Å²) in [6.07, 6.45) is 4.35. The molecule has 0 spiro atoms. The third kappa shape index (κ3) is 3.04. The first kappa shape index (κ1) is 13.8. The second-order valence-corrected chi connectivity index (χ2v) is 5.74. The van der Waals surface area contributed by atoms with Crippen LogP contribution in [0.5, 0.6) is 0 Å². The predicted molar refractivity (Wildman–Crippen MR) is 72.2 cm³/mol. The Labute approximate surface area is 113 Å². The Hall–Kier alpha value is -0.600. The molecule has 3 heteroatoms. The van der Waals surface area contributed by atoms with Crippen molar-refractivity contribution in [2.45, 2.75) is 45.1 Å². The standard InChI is InChI=1S/C15H20ClFO/c1-2-10-6-7-14(18)12(8-10)9-11-4-3-5-13(16)15(11)17/h3-5,10,12,14,18H,2,6-9H2,1H3. The van der Waals surface area contributed by atoms with Gasteiger partial charge in [-0.1, -0.05) is 37.1 Å². The van der Waals surface area contributed by atoms with Gasteiger partial charge in [0.25, 0.3) is 0 Å². The molecule has 0 amide bonds. The molecule has 0 saturated heterocycles. The summed E-state index contributed by atoms with van der Waals surface area (Å²) in [6, 6.07) is 5.10. The van der Waals surface area contributed by atoms with Gasteiger partial charge in [-0.3, -0.25) is 0 Å². The van der Waals surface area contributed by atoms with Crippen LogP contribution in [0.15, 0.2) is 18.2 Å². The molecule has 1 aliphatic rings. The van der Waals surface area contributed by atoms with Gasteiger partial charge in [0.15, 0.2) is 0 Å². The minimum atomic E-state index is -0.329. The lowest BCUT2D eigenvalue weighted by Gasteiger charge is -2.33. The van der Waals surface area contributed by atoms with Crippen LogP contribution in [0.2, 0.25) is 5.02 Å². The molecule has 0 aromatic heterocycles. The van der Waals surface area contributed by atoms with E-state index in [1.165, 1.54) is 0 Å². The molecule has 1 aliphatic carbocycles. The second-order valence-electron chi connectivity index (χ2n) is 5.33. The smallest absolute Gasteiger partial charge is 0.144 e. The van der Waals surface area contributed by atoms with Crippen LogP contribution in [-0.2, 0) is 6.42 Å². The molecule has 1 N–H and O–H groups in total. The van der Waals surface area contributed by atoms with Crippen LogP contribution in [0, 0.1) is 17.7 Å². The molecule has 1 saturated carbocycles. The Morgan fingerprint density at radius 3 is 2.89 bits per heavy atom. The van der Waals surface area contributed by atoms with Crippen molar-refractivity contribution in [1.82, 2.24) is 0 Å². The van der Waals surface area contributed by atoms with Gasteiger partial charge in [0.2, 0.25) is 0 Å². The molecule has 0 heterocycles. The van der Waals surface area contributed by atoms with E-state index < -0.39 is 0 Å². The molecule has 0 aliphatic heterocycles. The van der Waals surface area contributed by atoms with E-state index >= 15 is 0 Å². The van der Waals surface area contributed by atoms with E-state index in [1.54, 1.807) is 18.2 Å². The van der Waals surface area contributed by atoms with E-state index in [2.05, 4.69) is 6.92 Å². The van der Waals surface area contributed by atoms with Crippen molar-refractivity contribution >= 4 is 11.6 Å². The topological polar surface area (TPSA) is 20.2 Å². The number of aliphatic hydroxyl groups excluding tert-OH is 1. The fraction of sp³-hybridized carbons (Fsp3) is 0.600. The van der Waals surface area contributed by atoms with E-state index in [4.69, 9.17) is 11.6 Å². The van der Waals surface area contributed by atoms with Crippen LogP contribution in [0.4, 0.5) is 4.39 Å². The zero-order chi connectivity index (χ0) is 13.1. The Bertz CT molecular complexity index is 407. The molecule has 1 aromatic rings. The lowest BCUT2D eigenvalue weighted by atomic mass is 9.76. The van der Waals surface area contributed by atoms with Crippen molar-refractivity contribution in [2.75, 3.05) is 0 Å². The first-order valence-electron chi connectivity index (χ1n) is 6.72. The highest BCUT2D eigenvalue weighted by Gasteiger charge is 2.29. The molecule has 18 heavy (non-hydrogen) atoms. The van der Waals surface area contributed by atoms with Crippen molar-refractivity contribution in [2.24, 2.45) is 11.8 Å². The van der Waals surface area contributed by atoms with E-state index in [0.717, 1.165) is 25.7 Å². The highest BCUT2D eigenvalue weighted by Crippen LogP contribution is 2.34. The Morgan fingerprint density at radius 1 is 1.39 bits per heavy atom. The monoisotopic (exact) mass is 270 g/mol. The molecule has 3 unspecified atom stereocenters. The first-order valence-corrected chi connectivity index (χ1v) is 7.10. The summed E-state index contributed by atoms with van der Waals surface area (Å²) in [5.74, 6) is 0.502. The molecule has 0 radical (unpaired) electrons. The zero-order valence-corrected chi connectivity index (χ0v) is 11.5. The van der Waals surface area contributed by atoms with Crippen LogP contribution < -0.4 is 0 Å². The summed E-state index contributed by atoms with van der Waals surface area (Å²) in [5.41, 5.74) is 0.628. The van der Waals surface area contributed by atoms with Gasteiger partial charge in [0, 0.05) is 0 Å². The third-order valence-electron chi connectivity index (χ3n) is 4.14. The van der Waals surface area contributed by atoms with Gasteiger partial charge in [-0.2, -0.15) is 0 Å². The Balaban J connectivity index is 2.09. The summed E-state index contributed by atoms with van der Waals surface area (Å²) in [5, 5.41) is 10.2. The molecule has 1 fully saturated rings. The SMILES string of the molecule is CCC1CCC(O)C(Cc2cccc(Cl)c2F)C1. The number of benzene rings is 1. The van der Waals surface area contributed by atoms with Crippen molar-refractivity contribution in [3.05, 3.63) is 34.6 Å². The van der Waals surface area contributed by atoms with Gasteiger partial charge in [-0.25, -0.2) is 4.39 Å². The van der Waals surface area contributed by atoms with Gasteiger partial charge in [-0.15, -0.1) is 0 Å². The highest BCUT2D eigenvalue weighted by atomic mass is 35.5. The molecular weight excluding hydrogens is 251 g/mol. The molecule has 100 valence electrons. The van der Waals surface area contributed by atoms with Crippen LogP contribution in [-0.4, -0.2) is 11.2 Å². The lowest BCUT2D eigenvalue weighted by Crippen LogP contribution is -2.30. The number of hydrogen-bond acceptors (Lipinski definition) is 1. The average molecular weight is 271 g/mol. The average Bonchev–Trinajstić information content (AvgIpc) is 2.37. The first-order chi connectivity index (χ1) is 8.61. The summed E-state index contributed by atoms with van der Waals surface area (Å²) >= 11 is 5.79. The van der Waals surface area contributed by atoms with Crippen LogP contribution in [0.3, 0.4) is 0 Å². The summed E-state index contributed by atoms with van der Waals surface area (Å²) in [4.78, 5) is 0. The number of aliphatic hydroxyl groups is 1. The van der Waals surface area contributed by atoms with E-state index in [0.29, 0.717) is 17.9 Å². The minimum absolute atomic E-state index is 0.164. The van der Waals surface area contributed by atoms with Crippen molar-refractivity contribution in [1.29, 1.82) is 0 Å².